The maximum Gasteiger partial charge on any atom is 0.191 e. The van der Waals surface area contributed by atoms with Gasteiger partial charge in [0.1, 0.15) is 18.5 Å². The molecule has 1 saturated heterocycles. The van der Waals surface area contributed by atoms with E-state index in [9.17, 15) is 0 Å². The van der Waals surface area contributed by atoms with Crippen molar-refractivity contribution in [3.8, 4) is 0 Å². The Morgan fingerprint density at radius 1 is 1.35 bits per heavy atom. The fourth-order valence-electron chi connectivity index (χ4n) is 2.46. The number of hydrogen-bond acceptors (Lipinski definition) is 6. The van der Waals surface area contributed by atoms with Crippen LogP contribution in [0.3, 0.4) is 0 Å². The fourth-order valence-corrected chi connectivity index (χ4v) is 3.33. The van der Waals surface area contributed by atoms with Crippen molar-refractivity contribution in [2.24, 2.45) is 7.05 Å². The van der Waals surface area contributed by atoms with Crippen LogP contribution in [0.5, 0.6) is 0 Å². The van der Waals surface area contributed by atoms with E-state index in [1.165, 1.54) is 12.8 Å². The fraction of sp³-hybridized carbons (Fsp3) is 0.667. The van der Waals surface area contributed by atoms with Crippen LogP contribution in [0.2, 0.25) is 0 Å². The molecule has 108 valence electrons. The summed E-state index contributed by atoms with van der Waals surface area (Å²) >= 11 is 1.72. The van der Waals surface area contributed by atoms with E-state index in [1.807, 2.05) is 4.57 Å². The lowest BCUT2D eigenvalue weighted by Gasteiger charge is -2.21. The van der Waals surface area contributed by atoms with Crippen LogP contribution in [-0.2, 0) is 13.6 Å². The van der Waals surface area contributed by atoms with Crippen molar-refractivity contribution in [3.05, 3.63) is 18.5 Å². The molecule has 0 aromatic carbocycles. The predicted molar refractivity (Wildman–Crippen MR) is 76.6 cm³/mol. The van der Waals surface area contributed by atoms with E-state index in [4.69, 9.17) is 0 Å². The molecule has 0 amide bonds. The van der Waals surface area contributed by atoms with Gasteiger partial charge in [-0.2, -0.15) is 0 Å². The quantitative estimate of drug-likeness (QED) is 0.817. The van der Waals surface area contributed by atoms with Gasteiger partial charge in [-0.1, -0.05) is 11.8 Å². The van der Waals surface area contributed by atoms with Gasteiger partial charge in [-0.05, 0) is 19.4 Å². The highest BCUT2D eigenvalue weighted by atomic mass is 32.2. The molecule has 0 radical (unpaired) electrons. The van der Waals surface area contributed by atoms with Gasteiger partial charge in [0.05, 0.1) is 0 Å². The highest BCUT2D eigenvalue weighted by Gasteiger charge is 2.21. The Bertz CT molecular complexity index is 530. The van der Waals surface area contributed by atoms with Gasteiger partial charge in [0.25, 0.3) is 0 Å². The molecule has 2 aromatic heterocycles. The second-order valence-electron chi connectivity index (χ2n) is 4.99. The first kappa shape index (κ1) is 13.6. The van der Waals surface area contributed by atoms with E-state index in [-0.39, 0.29) is 0 Å². The Morgan fingerprint density at radius 3 is 2.95 bits per heavy atom. The maximum absolute atomic E-state index is 4.38. The number of thioether (sulfide) groups is 1. The molecule has 0 saturated carbocycles. The van der Waals surface area contributed by atoms with Crippen molar-refractivity contribution < 1.29 is 0 Å². The third-order valence-corrected chi connectivity index (χ3v) is 4.58. The molecule has 0 spiro atoms. The van der Waals surface area contributed by atoms with Gasteiger partial charge < -0.3 is 14.5 Å². The molecule has 1 atom stereocenters. The summed E-state index contributed by atoms with van der Waals surface area (Å²) < 4.78 is 4.10. The summed E-state index contributed by atoms with van der Waals surface area (Å²) in [5.74, 6) is 2.53. The van der Waals surface area contributed by atoms with Crippen LogP contribution in [0.4, 0.5) is 0 Å². The molecule has 1 unspecified atom stereocenters. The average Bonchev–Trinajstić information content (AvgIpc) is 3.11. The van der Waals surface area contributed by atoms with Gasteiger partial charge in [0, 0.05) is 31.8 Å². The summed E-state index contributed by atoms with van der Waals surface area (Å²) in [4.78, 5) is 0. The number of aryl methyl sites for hydroxylation is 1. The van der Waals surface area contributed by atoms with Gasteiger partial charge in [0.15, 0.2) is 5.16 Å². The average molecular weight is 293 g/mol. The van der Waals surface area contributed by atoms with E-state index in [0.29, 0.717) is 5.92 Å². The highest BCUT2D eigenvalue weighted by Crippen LogP contribution is 2.24. The zero-order chi connectivity index (χ0) is 13.8. The first-order chi connectivity index (χ1) is 9.84. The standard InChI is InChI=1S/C12H19N7S/c1-18-11(10-3-2-4-13-7-10)16-17-12(18)20-6-5-19-8-14-15-9-19/h8-10,13H,2-7H2,1H3. The Hall–Kier alpha value is -1.41. The minimum absolute atomic E-state index is 0.494. The van der Waals surface area contributed by atoms with E-state index >= 15 is 0 Å². The lowest BCUT2D eigenvalue weighted by atomic mass is 9.99. The second-order valence-corrected chi connectivity index (χ2v) is 6.05. The molecule has 1 N–H and O–H groups in total. The van der Waals surface area contributed by atoms with Gasteiger partial charge in [-0.15, -0.1) is 20.4 Å². The minimum atomic E-state index is 0.494. The summed E-state index contributed by atoms with van der Waals surface area (Å²) in [6.07, 6.45) is 5.88. The first-order valence-electron chi connectivity index (χ1n) is 6.90. The molecule has 3 heterocycles. The molecule has 3 rings (SSSR count). The van der Waals surface area contributed by atoms with Crippen LogP contribution in [0.15, 0.2) is 17.8 Å². The Kier molecular flexibility index (Phi) is 4.31. The van der Waals surface area contributed by atoms with E-state index in [2.05, 4.69) is 37.3 Å². The summed E-state index contributed by atoms with van der Waals surface area (Å²) in [6.45, 7) is 3.01. The van der Waals surface area contributed by atoms with Gasteiger partial charge >= 0.3 is 0 Å². The molecular weight excluding hydrogens is 274 g/mol. The molecule has 7 nitrogen and oxygen atoms in total. The zero-order valence-electron chi connectivity index (χ0n) is 11.6. The molecule has 1 aliphatic heterocycles. The first-order valence-corrected chi connectivity index (χ1v) is 7.88. The lowest BCUT2D eigenvalue weighted by Crippen LogP contribution is -2.29. The molecule has 20 heavy (non-hydrogen) atoms. The van der Waals surface area contributed by atoms with E-state index < -0.39 is 0 Å². The number of aromatic nitrogens is 6. The van der Waals surface area contributed by atoms with Crippen LogP contribution in [0, 0.1) is 0 Å². The molecule has 0 aliphatic carbocycles. The number of nitrogens with one attached hydrogen (secondary N) is 1. The third-order valence-electron chi connectivity index (χ3n) is 3.58. The molecule has 1 fully saturated rings. The third kappa shape index (κ3) is 3.01. The van der Waals surface area contributed by atoms with Crippen LogP contribution in [0.25, 0.3) is 0 Å². The van der Waals surface area contributed by atoms with E-state index in [1.54, 1.807) is 24.4 Å². The number of hydrogen-bond donors (Lipinski definition) is 1. The van der Waals surface area contributed by atoms with Gasteiger partial charge in [-0.3, -0.25) is 0 Å². The van der Waals surface area contributed by atoms with Crippen LogP contribution in [-0.4, -0.2) is 48.4 Å². The van der Waals surface area contributed by atoms with Crippen molar-refractivity contribution in [1.29, 1.82) is 0 Å². The summed E-state index contributed by atoms with van der Waals surface area (Å²) in [6, 6.07) is 0. The number of nitrogens with zero attached hydrogens (tertiary/aromatic N) is 6. The molecule has 8 heteroatoms. The Balaban J connectivity index is 1.58. The number of rotatable bonds is 5. The van der Waals surface area contributed by atoms with Crippen LogP contribution < -0.4 is 5.32 Å². The van der Waals surface area contributed by atoms with Crippen molar-refractivity contribution in [1.82, 2.24) is 34.8 Å². The second kappa shape index (κ2) is 6.36. The molecule has 1 aliphatic rings. The minimum Gasteiger partial charge on any atom is -0.319 e. The normalized spacial score (nSPS) is 19.4. The lowest BCUT2D eigenvalue weighted by molar-refractivity contribution is 0.436. The van der Waals surface area contributed by atoms with Crippen LogP contribution >= 0.6 is 11.8 Å². The summed E-state index contributed by atoms with van der Waals surface area (Å²) in [5, 5.41) is 20.7. The smallest absolute Gasteiger partial charge is 0.191 e. The largest absolute Gasteiger partial charge is 0.319 e. The maximum atomic E-state index is 4.38. The van der Waals surface area contributed by atoms with Crippen molar-refractivity contribution in [2.45, 2.75) is 30.5 Å². The zero-order valence-corrected chi connectivity index (χ0v) is 12.4. The van der Waals surface area contributed by atoms with Crippen LogP contribution in [0.1, 0.15) is 24.6 Å². The van der Waals surface area contributed by atoms with Crippen molar-refractivity contribution in [2.75, 3.05) is 18.8 Å². The summed E-state index contributed by atoms with van der Waals surface area (Å²) in [5.41, 5.74) is 0. The SMILES string of the molecule is Cn1c(SCCn2cnnc2)nnc1C1CCCNC1. The predicted octanol–water partition coefficient (Wildman–Crippen LogP) is 0.666. The molecular formula is C12H19N7S. The summed E-state index contributed by atoms with van der Waals surface area (Å²) in [7, 11) is 2.06. The topological polar surface area (TPSA) is 73.5 Å². The van der Waals surface area contributed by atoms with Gasteiger partial charge in [0.2, 0.25) is 0 Å². The van der Waals surface area contributed by atoms with E-state index in [0.717, 1.165) is 36.4 Å². The van der Waals surface area contributed by atoms with Gasteiger partial charge in [-0.25, -0.2) is 0 Å². The highest BCUT2D eigenvalue weighted by molar-refractivity contribution is 7.99. The van der Waals surface area contributed by atoms with Crippen molar-refractivity contribution >= 4 is 11.8 Å². The monoisotopic (exact) mass is 293 g/mol. The molecule has 0 bridgehead atoms. The number of piperidine rings is 1. The van der Waals surface area contributed by atoms with Crippen molar-refractivity contribution in [3.63, 3.8) is 0 Å². The Labute approximate surface area is 122 Å². The Morgan fingerprint density at radius 2 is 2.20 bits per heavy atom. The molecule has 2 aromatic rings.